The summed E-state index contributed by atoms with van der Waals surface area (Å²) >= 11 is 1.73. The Labute approximate surface area is 103 Å². The Hall–Kier alpha value is -1.24. The van der Waals surface area contributed by atoms with Gasteiger partial charge in [-0.2, -0.15) is 11.3 Å². The monoisotopic (exact) mass is 250 g/mol. The van der Waals surface area contributed by atoms with Crippen LogP contribution in [-0.2, 0) is 26.2 Å². The molecule has 5 nitrogen and oxygen atoms in total. The lowest BCUT2D eigenvalue weighted by Gasteiger charge is -2.27. The molecule has 1 aliphatic heterocycles. The van der Waals surface area contributed by atoms with Gasteiger partial charge in [-0.05, 0) is 22.4 Å². The summed E-state index contributed by atoms with van der Waals surface area (Å²) in [6.07, 6.45) is 0. The molecule has 0 aliphatic carbocycles. The molecule has 2 aromatic rings. The van der Waals surface area contributed by atoms with Crippen molar-refractivity contribution in [2.45, 2.75) is 26.2 Å². The van der Waals surface area contributed by atoms with Crippen LogP contribution in [0.1, 0.15) is 17.2 Å². The first-order valence-electron chi connectivity index (χ1n) is 5.62. The molecular weight excluding hydrogens is 236 g/mol. The van der Waals surface area contributed by atoms with Crippen LogP contribution in [0.3, 0.4) is 0 Å². The lowest BCUT2D eigenvalue weighted by atomic mass is 10.2. The van der Waals surface area contributed by atoms with Gasteiger partial charge in [-0.15, -0.1) is 10.2 Å². The Balaban J connectivity index is 1.72. The molecule has 90 valence electrons. The van der Waals surface area contributed by atoms with E-state index < -0.39 is 0 Å². The van der Waals surface area contributed by atoms with Crippen LogP contribution in [0.25, 0.3) is 0 Å². The van der Waals surface area contributed by atoms with Crippen LogP contribution in [0.4, 0.5) is 0 Å². The van der Waals surface area contributed by atoms with E-state index in [-0.39, 0.29) is 6.61 Å². The van der Waals surface area contributed by atoms with Crippen LogP contribution < -0.4 is 0 Å². The normalized spacial score (nSPS) is 16.1. The van der Waals surface area contributed by atoms with Gasteiger partial charge in [-0.1, -0.05) is 0 Å². The van der Waals surface area contributed by atoms with E-state index in [2.05, 4.69) is 31.9 Å². The molecular formula is C11H14N4OS. The summed E-state index contributed by atoms with van der Waals surface area (Å²) < 4.78 is 2.02. The van der Waals surface area contributed by atoms with Gasteiger partial charge in [0.05, 0.1) is 6.54 Å². The fourth-order valence-corrected chi connectivity index (χ4v) is 2.82. The van der Waals surface area contributed by atoms with Gasteiger partial charge < -0.3 is 9.67 Å². The third-order valence-corrected chi connectivity index (χ3v) is 3.77. The van der Waals surface area contributed by atoms with Crippen LogP contribution in [0.15, 0.2) is 16.8 Å². The average Bonchev–Trinajstić information content (AvgIpc) is 2.97. The Bertz CT molecular complexity index is 494. The molecule has 0 fully saturated rings. The minimum atomic E-state index is -0.0302. The molecule has 0 saturated heterocycles. The van der Waals surface area contributed by atoms with Crippen LogP contribution in [0.5, 0.6) is 0 Å². The van der Waals surface area contributed by atoms with E-state index in [0.29, 0.717) is 5.82 Å². The molecule has 3 rings (SSSR count). The highest BCUT2D eigenvalue weighted by molar-refractivity contribution is 7.07. The number of thiophene rings is 1. The highest BCUT2D eigenvalue weighted by Gasteiger charge is 2.20. The van der Waals surface area contributed by atoms with Crippen molar-refractivity contribution in [1.82, 2.24) is 19.7 Å². The molecule has 0 spiro atoms. The molecule has 0 radical (unpaired) electrons. The SMILES string of the molecule is OCc1nnc2n1CCN(Cc1ccsc1)C2. The van der Waals surface area contributed by atoms with Crippen LogP contribution in [0, 0.1) is 0 Å². The molecule has 17 heavy (non-hydrogen) atoms. The molecule has 0 bridgehead atoms. The number of aliphatic hydroxyl groups excluding tert-OH is 1. The lowest BCUT2D eigenvalue weighted by molar-refractivity contribution is 0.199. The Morgan fingerprint density at radius 1 is 1.35 bits per heavy atom. The van der Waals surface area contributed by atoms with Crippen molar-refractivity contribution in [3.05, 3.63) is 34.0 Å². The van der Waals surface area contributed by atoms with Gasteiger partial charge in [0, 0.05) is 19.6 Å². The summed E-state index contributed by atoms with van der Waals surface area (Å²) in [5.74, 6) is 1.63. The molecule has 2 aromatic heterocycles. The van der Waals surface area contributed by atoms with Crippen molar-refractivity contribution in [1.29, 1.82) is 0 Å². The number of aliphatic hydroxyl groups is 1. The summed E-state index contributed by atoms with van der Waals surface area (Å²) in [5, 5.41) is 21.5. The Morgan fingerprint density at radius 3 is 3.06 bits per heavy atom. The first-order chi connectivity index (χ1) is 8.36. The molecule has 0 atom stereocenters. The van der Waals surface area contributed by atoms with Crippen LogP contribution >= 0.6 is 11.3 Å². The molecule has 0 aromatic carbocycles. The van der Waals surface area contributed by atoms with E-state index in [4.69, 9.17) is 5.11 Å². The van der Waals surface area contributed by atoms with E-state index in [1.165, 1.54) is 5.56 Å². The summed E-state index contributed by atoms with van der Waals surface area (Å²) in [4.78, 5) is 2.35. The highest BCUT2D eigenvalue weighted by atomic mass is 32.1. The molecule has 3 heterocycles. The quantitative estimate of drug-likeness (QED) is 0.877. The maximum atomic E-state index is 9.12. The summed E-state index contributed by atoms with van der Waals surface area (Å²) in [6, 6.07) is 2.16. The topological polar surface area (TPSA) is 54.2 Å². The first-order valence-corrected chi connectivity index (χ1v) is 6.56. The van der Waals surface area contributed by atoms with E-state index in [9.17, 15) is 0 Å². The molecule has 0 unspecified atom stereocenters. The van der Waals surface area contributed by atoms with Gasteiger partial charge in [0.15, 0.2) is 5.82 Å². The fraction of sp³-hybridized carbons (Fsp3) is 0.455. The summed E-state index contributed by atoms with van der Waals surface area (Å²) in [7, 11) is 0. The third kappa shape index (κ3) is 2.11. The third-order valence-electron chi connectivity index (χ3n) is 3.04. The van der Waals surface area contributed by atoms with Gasteiger partial charge in [-0.3, -0.25) is 4.90 Å². The number of aromatic nitrogens is 3. The van der Waals surface area contributed by atoms with Gasteiger partial charge in [0.1, 0.15) is 12.4 Å². The molecule has 1 aliphatic rings. The smallest absolute Gasteiger partial charge is 0.158 e. The number of nitrogens with zero attached hydrogens (tertiary/aromatic N) is 4. The van der Waals surface area contributed by atoms with Crippen molar-refractivity contribution in [2.75, 3.05) is 6.54 Å². The summed E-state index contributed by atoms with van der Waals surface area (Å²) in [6.45, 7) is 3.58. The minimum absolute atomic E-state index is 0.0302. The zero-order valence-electron chi connectivity index (χ0n) is 9.41. The molecule has 0 saturated carbocycles. The number of rotatable bonds is 3. The van der Waals surface area contributed by atoms with E-state index in [1.54, 1.807) is 11.3 Å². The van der Waals surface area contributed by atoms with Gasteiger partial charge in [0.25, 0.3) is 0 Å². The van der Waals surface area contributed by atoms with Gasteiger partial charge in [-0.25, -0.2) is 0 Å². The maximum Gasteiger partial charge on any atom is 0.158 e. The standard InChI is InChI=1S/C11H14N4OS/c16-7-11-13-12-10-6-14(2-3-15(10)11)5-9-1-4-17-8-9/h1,4,8,16H,2-3,5-7H2. The molecule has 6 heteroatoms. The van der Waals surface area contributed by atoms with Crippen molar-refractivity contribution in [2.24, 2.45) is 0 Å². The second-order valence-corrected chi connectivity index (χ2v) is 4.96. The first kappa shape index (κ1) is 10.9. The fourth-order valence-electron chi connectivity index (χ4n) is 2.16. The van der Waals surface area contributed by atoms with E-state index >= 15 is 0 Å². The Morgan fingerprint density at radius 2 is 2.29 bits per heavy atom. The zero-order valence-corrected chi connectivity index (χ0v) is 10.2. The maximum absolute atomic E-state index is 9.12. The average molecular weight is 250 g/mol. The van der Waals surface area contributed by atoms with Crippen LogP contribution in [0.2, 0.25) is 0 Å². The summed E-state index contributed by atoms with van der Waals surface area (Å²) in [5.41, 5.74) is 1.35. The van der Waals surface area contributed by atoms with Gasteiger partial charge in [0.2, 0.25) is 0 Å². The van der Waals surface area contributed by atoms with Crippen molar-refractivity contribution in [3.63, 3.8) is 0 Å². The minimum Gasteiger partial charge on any atom is -0.388 e. The Kier molecular flexibility index (Phi) is 2.92. The van der Waals surface area contributed by atoms with Crippen molar-refractivity contribution in [3.8, 4) is 0 Å². The second-order valence-electron chi connectivity index (χ2n) is 4.18. The van der Waals surface area contributed by atoms with E-state index in [1.807, 2.05) is 4.57 Å². The molecule has 0 amide bonds. The highest BCUT2D eigenvalue weighted by Crippen LogP contribution is 2.16. The van der Waals surface area contributed by atoms with E-state index in [0.717, 1.165) is 32.0 Å². The predicted octanol–water partition coefficient (Wildman–Crippen LogP) is 0.848. The number of hydrogen-bond acceptors (Lipinski definition) is 5. The van der Waals surface area contributed by atoms with Crippen LogP contribution in [-0.4, -0.2) is 31.3 Å². The zero-order chi connectivity index (χ0) is 11.7. The number of hydrogen-bond donors (Lipinski definition) is 1. The van der Waals surface area contributed by atoms with Crippen molar-refractivity contribution < 1.29 is 5.11 Å². The molecule has 1 N–H and O–H groups in total. The van der Waals surface area contributed by atoms with Gasteiger partial charge >= 0.3 is 0 Å². The largest absolute Gasteiger partial charge is 0.388 e. The predicted molar refractivity (Wildman–Crippen MR) is 64.4 cm³/mol. The second kappa shape index (κ2) is 4.56. The van der Waals surface area contributed by atoms with Crippen molar-refractivity contribution >= 4 is 11.3 Å². The number of fused-ring (bicyclic) bond motifs is 1. The lowest BCUT2D eigenvalue weighted by Crippen LogP contribution is -2.33.